The Labute approximate surface area is 118 Å². The molecule has 106 valence electrons. The van der Waals surface area contributed by atoms with E-state index in [0.717, 1.165) is 22.4 Å². The number of nitrogen functional groups attached to an aromatic ring is 1. The van der Waals surface area contributed by atoms with Gasteiger partial charge in [0.15, 0.2) is 5.69 Å². The van der Waals surface area contributed by atoms with Crippen molar-refractivity contribution in [1.82, 2.24) is 9.97 Å². The van der Waals surface area contributed by atoms with Crippen LogP contribution >= 0.6 is 0 Å². The lowest BCUT2D eigenvalue weighted by Crippen LogP contribution is -2.04. The third kappa shape index (κ3) is 2.66. The van der Waals surface area contributed by atoms with Gasteiger partial charge in [0.2, 0.25) is 11.8 Å². The SMILES string of the molecule is CCOc1ncnc(Oc2c(C)ccc(C)c2C)c1N. The molecule has 0 bridgehead atoms. The Morgan fingerprint density at radius 3 is 2.40 bits per heavy atom. The van der Waals surface area contributed by atoms with Crippen LogP contribution in [0.5, 0.6) is 17.5 Å². The molecule has 20 heavy (non-hydrogen) atoms. The molecule has 0 radical (unpaired) electrons. The average Bonchev–Trinajstić information content (AvgIpc) is 2.43. The second-order valence-corrected chi connectivity index (χ2v) is 4.59. The van der Waals surface area contributed by atoms with Crippen molar-refractivity contribution in [3.63, 3.8) is 0 Å². The van der Waals surface area contributed by atoms with Gasteiger partial charge in [-0.1, -0.05) is 12.1 Å². The van der Waals surface area contributed by atoms with Gasteiger partial charge in [0, 0.05) is 0 Å². The minimum atomic E-state index is 0.314. The molecule has 0 saturated carbocycles. The summed E-state index contributed by atoms with van der Waals surface area (Å²) in [4.78, 5) is 8.08. The zero-order valence-corrected chi connectivity index (χ0v) is 12.2. The van der Waals surface area contributed by atoms with Gasteiger partial charge >= 0.3 is 0 Å². The van der Waals surface area contributed by atoms with Gasteiger partial charge in [-0.2, -0.15) is 9.97 Å². The molecule has 0 saturated heterocycles. The highest BCUT2D eigenvalue weighted by Crippen LogP contribution is 2.34. The largest absolute Gasteiger partial charge is 0.476 e. The first kappa shape index (κ1) is 14.1. The van der Waals surface area contributed by atoms with Crippen LogP contribution in [0.15, 0.2) is 18.5 Å². The Morgan fingerprint density at radius 1 is 1.05 bits per heavy atom. The maximum Gasteiger partial charge on any atom is 0.249 e. The predicted octanol–water partition coefficient (Wildman–Crippen LogP) is 3.18. The van der Waals surface area contributed by atoms with Gasteiger partial charge in [-0.05, 0) is 44.4 Å². The lowest BCUT2D eigenvalue weighted by molar-refractivity contribution is 0.325. The summed E-state index contributed by atoms with van der Waals surface area (Å²) in [6.07, 6.45) is 1.39. The molecule has 2 rings (SSSR count). The molecular weight excluding hydrogens is 254 g/mol. The molecule has 0 spiro atoms. The van der Waals surface area contributed by atoms with E-state index < -0.39 is 0 Å². The van der Waals surface area contributed by atoms with E-state index in [0.29, 0.717) is 24.1 Å². The third-order valence-corrected chi connectivity index (χ3v) is 3.16. The number of nitrogens with zero attached hydrogens (tertiary/aromatic N) is 2. The van der Waals surface area contributed by atoms with Crippen molar-refractivity contribution >= 4 is 5.69 Å². The number of hydrogen-bond donors (Lipinski definition) is 1. The summed E-state index contributed by atoms with van der Waals surface area (Å²) >= 11 is 0. The molecule has 1 aromatic carbocycles. The normalized spacial score (nSPS) is 10.4. The second-order valence-electron chi connectivity index (χ2n) is 4.59. The van der Waals surface area contributed by atoms with Crippen LogP contribution in [-0.2, 0) is 0 Å². The molecule has 0 fully saturated rings. The lowest BCUT2D eigenvalue weighted by Gasteiger charge is -2.14. The van der Waals surface area contributed by atoms with E-state index in [1.165, 1.54) is 6.33 Å². The van der Waals surface area contributed by atoms with E-state index in [-0.39, 0.29) is 0 Å². The first-order valence-electron chi connectivity index (χ1n) is 6.52. The highest BCUT2D eigenvalue weighted by molar-refractivity contribution is 5.58. The van der Waals surface area contributed by atoms with Crippen molar-refractivity contribution in [2.24, 2.45) is 0 Å². The molecule has 2 N–H and O–H groups in total. The van der Waals surface area contributed by atoms with E-state index in [4.69, 9.17) is 15.2 Å². The fourth-order valence-electron chi connectivity index (χ4n) is 1.88. The Kier molecular flexibility index (Phi) is 4.08. The summed E-state index contributed by atoms with van der Waals surface area (Å²) < 4.78 is 11.2. The maximum atomic E-state index is 5.98. The molecule has 0 aliphatic heterocycles. The van der Waals surface area contributed by atoms with Crippen molar-refractivity contribution in [3.05, 3.63) is 35.2 Å². The summed E-state index contributed by atoms with van der Waals surface area (Å²) in [6, 6.07) is 4.07. The summed E-state index contributed by atoms with van der Waals surface area (Å²) in [5.41, 5.74) is 9.55. The number of hydrogen-bond acceptors (Lipinski definition) is 5. The Balaban J connectivity index is 2.40. The zero-order valence-electron chi connectivity index (χ0n) is 12.2. The van der Waals surface area contributed by atoms with Gasteiger partial charge < -0.3 is 15.2 Å². The van der Waals surface area contributed by atoms with Gasteiger partial charge in [0.05, 0.1) is 6.61 Å². The van der Waals surface area contributed by atoms with Gasteiger partial charge in [0.1, 0.15) is 12.1 Å². The highest BCUT2D eigenvalue weighted by Gasteiger charge is 2.14. The zero-order chi connectivity index (χ0) is 14.7. The van der Waals surface area contributed by atoms with E-state index in [1.54, 1.807) is 0 Å². The van der Waals surface area contributed by atoms with Crippen LogP contribution in [0.1, 0.15) is 23.6 Å². The van der Waals surface area contributed by atoms with Crippen molar-refractivity contribution in [3.8, 4) is 17.5 Å². The number of benzene rings is 1. The smallest absolute Gasteiger partial charge is 0.249 e. The van der Waals surface area contributed by atoms with E-state index in [9.17, 15) is 0 Å². The summed E-state index contributed by atoms with van der Waals surface area (Å²) in [6.45, 7) is 8.40. The van der Waals surface area contributed by atoms with Crippen molar-refractivity contribution < 1.29 is 9.47 Å². The van der Waals surface area contributed by atoms with Gasteiger partial charge in [0.25, 0.3) is 0 Å². The molecule has 0 atom stereocenters. The van der Waals surface area contributed by atoms with Crippen molar-refractivity contribution in [1.29, 1.82) is 0 Å². The Morgan fingerprint density at radius 2 is 1.70 bits per heavy atom. The molecular formula is C15H19N3O2. The quantitative estimate of drug-likeness (QED) is 0.926. The van der Waals surface area contributed by atoms with Crippen LogP contribution in [0.25, 0.3) is 0 Å². The number of nitrogens with two attached hydrogens (primary N) is 1. The van der Waals surface area contributed by atoms with Crippen LogP contribution in [0.2, 0.25) is 0 Å². The van der Waals surface area contributed by atoms with E-state index in [2.05, 4.69) is 16.0 Å². The van der Waals surface area contributed by atoms with Crippen molar-refractivity contribution in [2.45, 2.75) is 27.7 Å². The molecule has 5 heteroatoms. The Hall–Kier alpha value is -2.30. The van der Waals surface area contributed by atoms with Gasteiger partial charge in [-0.3, -0.25) is 0 Å². The number of anilines is 1. The first-order chi connectivity index (χ1) is 9.54. The fourth-order valence-corrected chi connectivity index (χ4v) is 1.88. The van der Waals surface area contributed by atoms with Gasteiger partial charge in [-0.15, -0.1) is 0 Å². The molecule has 0 unspecified atom stereocenters. The minimum absolute atomic E-state index is 0.314. The number of rotatable bonds is 4. The van der Waals surface area contributed by atoms with E-state index >= 15 is 0 Å². The number of aromatic nitrogens is 2. The van der Waals surface area contributed by atoms with Crippen molar-refractivity contribution in [2.75, 3.05) is 12.3 Å². The first-order valence-corrected chi connectivity index (χ1v) is 6.52. The molecule has 2 aromatic rings. The third-order valence-electron chi connectivity index (χ3n) is 3.16. The van der Waals surface area contributed by atoms with Crippen LogP contribution in [0.4, 0.5) is 5.69 Å². The van der Waals surface area contributed by atoms with Gasteiger partial charge in [-0.25, -0.2) is 0 Å². The van der Waals surface area contributed by atoms with Crippen LogP contribution in [0.3, 0.4) is 0 Å². The summed E-state index contributed by atoms with van der Waals surface area (Å²) in [7, 11) is 0. The predicted molar refractivity (Wildman–Crippen MR) is 78.3 cm³/mol. The molecule has 1 aromatic heterocycles. The molecule has 0 aliphatic rings. The minimum Gasteiger partial charge on any atom is -0.476 e. The van der Waals surface area contributed by atoms with Crippen LogP contribution in [0, 0.1) is 20.8 Å². The lowest BCUT2D eigenvalue weighted by atomic mass is 10.1. The standard InChI is InChI=1S/C15H19N3O2/c1-5-19-14-12(16)15(18-8-17-14)20-13-10(3)7-6-9(2)11(13)4/h6-8H,5,16H2,1-4H3. The van der Waals surface area contributed by atoms with E-state index in [1.807, 2.05) is 33.8 Å². The molecule has 0 aliphatic carbocycles. The number of aryl methyl sites for hydroxylation is 2. The number of ether oxygens (including phenoxy) is 2. The molecule has 1 heterocycles. The second kappa shape index (κ2) is 5.77. The average molecular weight is 273 g/mol. The molecule has 0 amide bonds. The Bertz CT molecular complexity index is 627. The highest BCUT2D eigenvalue weighted by atomic mass is 16.5. The van der Waals surface area contributed by atoms with Crippen LogP contribution < -0.4 is 15.2 Å². The maximum absolute atomic E-state index is 5.98. The summed E-state index contributed by atoms with van der Waals surface area (Å²) in [5.74, 6) is 1.44. The molecule has 5 nitrogen and oxygen atoms in total. The van der Waals surface area contributed by atoms with Crippen LogP contribution in [-0.4, -0.2) is 16.6 Å². The summed E-state index contributed by atoms with van der Waals surface area (Å²) in [5, 5.41) is 0. The topological polar surface area (TPSA) is 70.3 Å². The monoisotopic (exact) mass is 273 g/mol. The fraction of sp³-hybridized carbons (Fsp3) is 0.333.